The Morgan fingerprint density at radius 3 is 2.81 bits per heavy atom. The number of nitrogens with zero attached hydrogens (tertiary/aromatic N) is 4. The molecule has 0 saturated heterocycles. The first-order chi connectivity index (χ1) is 15.3. The normalized spacial score (nSPS) is 11.6. The summed E-state index contributed by atoms with van der Waals surface area (Å²) in [5, 5.41) is 19.3. The van der Waals surface area contributed by atoms with E-state index in [0.29, 0.717) is 24.2 Å². The number of anilines is 1. The van der Waals surface area contributed by atoms with Crippen LogP contribution in [0.25, 0.3) is 11.3 Å². The van der Waals surface area contributed by atoms with Crippen LogP contribution in [0.5, 0.6) is 0 Å². The Morgan fingerprint density at radius 2 is 2.09 bits per heavy atom. The number of nitro groups is 1. The number of hydrogen-bond acceptors (Lipinski definition) is 9. The number of ether oxygens (including phenoxy) is 1. The Balaban J connectivity index is 1.64. The molecule has 1 N–H and O–H groups in total. The number of non-ortho nitro benzene ring substituents is 1. The standard InChI is InChI=1S/C20H19N5O6S/c1-3-9-24-17(26)8-7-15(23-24)19(28)31-12(2)18(27)22-20-21-16(11-32-20)13-5-4-6-14(10-13)25(29)30/h4-8,10-12H,3,9H2,1-2H3,(H,21,22,27). The number of carbonyl (C=O) groups excluding carboxylic acids is 2. The van der Waals surface area contributed by atoms with E-state index < -0.39 is 22.9 Å². The number of hydrogen-bond donors (Lipinski definition) is 1. The van der Waals surface area contributed by atoms with E-state index in [1.807, 2.05) is 6.92 Å². The average Bonchev–Trinajstić information content (AvgIpc) is 3.23. The zero-order valence-electron chi connectivity index (χ0n) is 17.2. The largest absolute Gasteiger partial charge is 0.448 e. The highest BCUT2D eigenvalue weighted by molar-refractivity contribution is 7.14. The SMILES string of the molecule is CCCn1nc(C(=O)OC(C)C(=O)Nc2nc(-c3cccc([N+](=O)[O-])c3)cs2)ccc1=O. The van der Waals surface area contributed by atoms with Crippen LogP contribution >= 0.6 is 11.3 Å². The maximum absolute atomic E-state index is 12.4. The third kappa shape index (κ3) is 5.40. The number of esters is 1. The quantitative estimate of drug-likeness (QED) is 0.309. The fraction of sp³-hybridized carbons (Fsp3) is 0.250. The minimum Gasteiger partial charge on any atom is -0.448 e. The highest BCUT2D eigenvalue weighted by atomic mass is 32.1. The van der Waals surface area contributed by atoms with Crippen LogP contribution in [0.15, 0.2) is 46.6 Å². The molecule has 32 heavy (non-hydrogen) atoms. The van der Waals surface area contributed by atoms with Gasteiger partial charge >= 0.3 is 5.97 Å². The summed E-state index contributed by atoms with van der Waals surface area (Å²) in [6.45, 7) is 3.62. The van der Waals surface area contributed by atoms with E-state index >= 15 is 0 Å². The third-order valence-corrected chi connectivity index (χ3v) is 5.01. The molecule has 11 nitrogen and oxygen atoms in total. The van der Waals surface area contributed by atoms with E-state index in [-0.39, 0.29) is 22.1 Å². The molecule has 12 heteroatoms. The van der Waals surface area contributed by atoms with Gasteiger partial charge in [0.1, 0.15) is 0 Å². The molecule has 0 spiro atoms. The summed E-state index contributed by atoms with van der Waals surface area (Å²) < 4.78 is 6.31. The van der Waals surface area contributed by atoms with Crippen LogP contribution in [0.4, 0.5) is 10.8 Å². The average molecular weight is 457 g/mol. The first-order valence-electron chi connectivity index (χ1n) is 9.59. The topological polar surface area (TPSA) is 146 Å². The van der Waals surface area contributed by atoms with Crippen LogP contribution in [-0.4, -0.2) is 37.7 Å². The Morgan fingerprint density at radius 1 is 1.31 bits per heavy atom. The second kappa shape index (κ2) is 9.92. The molecule has 1 atom stereocenters. The Bertz CT molecular complexity index is 1220. The van der Waals surface area contributed by atoms with Crippen molar-refractivity contribution < 1.29 is 19.2 Å². The summed E-state index contributed by atoms with van der Waals surface area (Å²) in [5.41, 5.74) is 0.502. The molecule has 0 bridgehead atoms. The smallest absolute Gasteiger partial charge is 0.359 e. The molecule has 0 saturated carbocycles. The first-order valence-corrected chi connectivity index (χ1v) is 10.5. The minimum atomic E-state index is -1.15. The molecule has 2 heterocycles. The van der Waals surface area contributed by atoms with E-state index in [0.717, 1.165) is 16.0 Å². The van der Waals surface area contributed by atoms with E-state index in [4.69, 9.17) is 4.74 Å². The van der Waals surface area contributed by atoms with Crippen LogP contribution in [0.3, 0.4) is 0 Å². The molecule has 1 aromatic carbocycles. The molecular weight excluding hydrogens is 438 g/mol. The highest BCUT2D eigenvalue weighted by Gasteiger charge is 2.21. The van der Waals surface area contributed by atoms with Crippen molar-refractivity contribution in [2.24, 2.45) is 0 Å². The van der Waals surface area contributed by atoms with Gasteiger partial charge in [-0.3, -0.25) is 25.0 Å². The molecule has 2 aromatic heterocycles. The van der Waals surface area contributed by atoms with Gasteiger partial charge in [0, 0.05) is 35.7 Å². The van der Waals surface area contributed by atoms with Gasteiger partial charge in [0.05, 0.1) is 10.6 Å². The molecule has 3 rings (SSSR count). The Kier molecular flexibility index (Phi) is 7.05. The summed E-state index contributed by atoms with van der Waals surface area (Å²) in [4.78, 5) is 51.1. The molecule has 0 aliphatic rings. The summed E-state index contributed by atoms with van der Waals surface area (Å²) in [6, 6.07) is 8.43. The number of carbonyl (C=O) groups is 2. The van der Waals surface area contributed by atoms with Gasteiger partial charge in [0.2, 0.25) is 0 Å². The summed E-state index contributed by atoms with van der Waals surface area (Å²) in [6.07, 6.45) is -0.489. The molecule has 0 radical (unpaired) electrons. The lowest BCUT2D eigenvalue weighted by atomic mass is 10.1. The number of aryl methyl sites for hydroxylation is 1. The van der Waals surface area contributed by atoms with Crippen molar-refractivity contribution in [1.29, 1.82) is 0 Å². The molecular formula is C20H19N5O6S. The number of nitrogens with one attached hydrogen (secondary N) is 1. The van der Waals surface area contributed by atoms with Gasteiger partial charge in [0.15, 0.2) is 16.9 Å². The highest BCUT2D eigenvalue weighted by Crippen LogP contribution is 2.27. The van der Waals surface area contributed by atoms with Gasteiger partial charge in [-0.15, -0.1) is 11.3 Å². The Hall–Kier alpha value is -3.93. The predicted octanol–water partition coefficient (Wildman–Crippen LogP) is 2.87. The number of nitro benzene ring substituents is 1. The van der Waals surface area contributed by atoms with Gasteiger partial charge in [-0.2, -0.15) is 5.10 Å². The fourth-order valence-electron chi connectivity index (χ4n) is 2.65. The van der Waals surface area contributed by atoms with Gasteiger partial charge in [-0.1, -0.05) is 19.1 Å². The van der Waals surface area contributed by atoms with Crippen molar-refractivity contribution in [2.75, 3.05) is 5.32 Å². The summed E-state index contributed by atoms with van der Waals surface area (Å²) in [7, 11) is 0. The lowest BCUT2D eigenvalue weighted by molar-refractivity contribution is -0.384. The zero-order valence-corrected chi connectivity index (χ0v) is 18.0. The maximum atomic E-state index is 12.4. The maximum Gasteiger partial charge on any atom is 0.359 e. The molecule has 1 unspecified atom stereocenters. The minimum absolute atomic E-state index is 0.0690. The predicted molar refractivity (Wildman–Crippen MR) is 116 cm³/mol. The third-order valence-electron chi connectivity index (χ3n) is 4.25. The number of aromatic nitrogens is 3. The van der Waals surface area contributed by atoms with Gasteiger partial charge < -0.3 is 4.74 Å². The molecule has 166 valence electrons. The second-order valence-corrected chi connectivity index (χ2v) is 7.52. The summed E-state index contributed by atoms with van der Waals surface area (Å²) in [5.74, 6) is -1.45. The molecule has 1 amide bonds. The summed E-state index contributed by atoms with van der Waals surface area (Å²) >= 11 is 1.12. The van der Waals surface area contributed by atoms with Crippen LogP contribution in [-0.2, 0) is 16.1 Å². The molecule has 0 aliphatic carbocycles. The first kappa shape index (κ1) is 22.7. The van der Waals surface area contributed by atoms with Crippen LogP contribution < -0.4 is 10.9 Å². The van der Waals surface area contributed by atoms with Crippen molar-refractivity contribution in [3.05, 3.63) is 67.9 Å². The van der Waals surface area contributed by atoms with E-state index in [9.17, 15) is 24.5 Å². The number of benzene rings is 1. The number of thiazole rings is 1. The van der Waals surface area contributed by atoms with Crippen LogP contribution in [0.1, 0.15) is 30.8 Å². The van der Waals surface area contributed by atoms with Gasteiger partial charge in [-0.05, 0) is 19.4 Å². The van der Waals surface area contributed by atoms with Crippen molar-refractivity contribution >= 4 is 34.0 Å². The lowest BCUT2D eigenvalue weighted by Crippen LogP contribution is -2.31. The second-order valence-electron chi connectivity index (χ2n) is 6.66. The van der Waals surface area contributed by atoms with E-state index in [2.05, 4.69) is 15.4 Å². The van der Waals surface area contributed by atoms with Crippen LogP contribution in [0.2, 0.25) is 0 Å². The van der Waals surface area contributed by atoms with Crippen molar-refractivity contribution in [3.8, 4) is 11.3 Å². The number of amides is 1. The zero-order chi connectivity index (χ0) is 23.3. The molecule has 0 fully saturated rings. The van der Waals surface area contributed by atoms with E-state index in [1.54, 1.807) is 17.5 Å². The van der Waals surface area contributed by atoms with E-state index in [1.165, 1.54) is 31.2 Å². The lowest BCUT2D eigenvalue weighted by Gasteiger charge is -2.12. The van der Waals surface area contributed by atoms with Crippen molar-refractivity contribution in [2.45, 2.75) is 32.9 Å². The van der Waals surface area contributed by atoms with Gasteiger partial charge in [0.25, 0.3) is 17.2 Å². The monoisotopic (exact) mass is 457 g/mol. The van der Waals surface area contributed by atoms with Crippen molar-refractivity contribution in [3.63, 3.8) is 0 Å². The Labute approximate surface area is 185 Å². The molecule has 3 aromatic rings. The number of rotatable bonds is 8. The molecule has 0 aliphatic heterocycles. The fourth-order valence-corrected chi connectivity index (χ4v) is 3.38. The van der Waals surface area contributed by atoms with Crippen molar-refractivity contribution in [1.82, 2.24) is 14.8 Å². The van der Waals surface area contributed by atoms with Crippen LogP contribution in [0, 0.1) is 10.1 Å². The van der Waals surface area contributed by atoms with Gasteiger partial charge in [-0.25, -0.2) is 14.5 Å².